The number of hydrogen-bond acceptors (Lipinski definition) is 0. The SMILES string of the molecule is FC(F)(F)[s+]1c(C2CCCC2)cc2ccccc21.[Cl-]. The summed E-state index contributed by atoms with van der Waals surface area (Å²) in [5, 5.41) is 0.764. The molecule has 1 aliphatic rings. The van der Waals surface area contributed by atoms with Crippen molar-refractivity contribution in [2.75, 3.05) is 0 Å². The Hall–Kier alpha value is -0.740. The van der Waals surface area contributed by atoms with Crippen molar-refractivity contribution in [1.82, 2.24) is 0 Å². The number of rotatable bonds is 1. The van der Waals surface area contributed by atoms with E-state index in [-0.39, 0.29) is 18.3 Å². The molecule has 5 heteroatoms. The number of benzene rings is 1. The Morgan fingerprint density at radius 3 is 2.32 bits per heavy atom. The Labute approximate surface area is 119 Å². The highest BCUT2D eigenvalue weighted by molar-refractivity contribution is 7.38. The molecule has 3 rings (SSSR count). The predicted octanol–water partition coefficient (Wildman–Crippen LogP) is 2.73. The van der Waals surface area contributed by atoms with Gasteiger partial charge in [-0.3, -0.25) is 0 Å². The van der Waals surface area contributed by atoms with Crippen molar-refractivity contribution in [2.45, 2.75) is 37.1 Å². The van der Waals surface area contributed by atoms with Crippen LogP contribution < -0.4 is 12.4 Å². The van der Waals surface area contributed by atoms with Gasteiger partial charge in [-0.2, -0.15) is 0 Å². The van der Waals surface area contributed by atoms with Gasteiger partial charge in [-0.05, 0) is 25.0 Å². The molecule has 1 atom stereocenters. The van der Waals surface area contributed by atoms with Gasteiger partial charge in [0.1, 0.15) is 0 Å². The maximum Gasteiger partial charge on any atom is 0.600 e. The van der Waals surface area contributed by atoms with Gasteiger partial charge in [-0.15, -0.1) is 13.2 Å². The summed E-state index contributed by atoms with van der Waals surface area (Å²) in [5.74, 6) is 0.141. The molecule has 0 amide bonds. The third-order valence-electron chi connectivity index (χ3n) is 3.66. The lowest BCUT2D eigenvalue weighted by molar-refractivity contribution is -0.0868. The van der Waals surface area contributed by atoms with E-state index in [1.165, 1.54) is 0 Å². The molecular weight excluding hydrogens is 293 g/mol. The van der Waals surface area contributed by atoms with E-state index in [0.29, 0.717) is 9.58 Å². The first-order valence-electron chi connectivity index (χ1n) is 6.19. The molecule has 1 unspecified atom stereocenters. The number of hydrogen-bond donors (Lipinski definition) is 0. The summed E-state index contributed by atoms with van der Waals surface area (Å²) in [6.07, 6.45) is 3.96. The monoisotopic (exact) mass is 306 g/mol. The molecule has 1 aromatic carbocycles. The van der Waals surface area contributed by atoms with Gasteiger partial charge in [0.2, 0.25) is 0 Å². The van der Waals surface area contributed by atoms with Crippen molar-refractivity contribution in [3.63, 3.8) is 0 Å². The minimum atomic E-state index is -4.14. The minimum absolute atomic E-state index is 0. The number of halogens is 4. The van der Waals surface area contributed by atoms with Gasteiger partial charge in [0.15, 0.2) is 9.58 Å². The van der Waals surface area contributed by atoms with E-state index in [1.54, 1.807) is 24.3 Å². The molecule has 1 aliphatic carbocycles. The second kappa shape index (κ2) is 5.33. The van der Waals surface area contributed by atoms with E-state index in [9.17, 15) is 13.2 Å². The molecule has 19 heavy (non-hydrogen) atoms. The lowest BCUT2D eigenvalue weighted by atomic mass is 10.1. The molecule has 0 radical (unpaired) electrons. The van der Waals surface area contributed by atoms with Crippen LogP contribution in [0.2, 0.25) is 0 Å². The van der Waals surface area contributed by atoms with Crippen LogP contribution in [0.3, 0.4) is 0 Å². The normalized spacial score (nSPS) is 17.7. The molecule has 0 aliphatic heterocycles. The first-order chi connectivity index (χ1) is 8.57. The maximum atomic E-state index is 13.3. The van der Waals surface area contributed by atoms with Crippen molar-refractivity contribution in [3.8, 4) is 0 Å². The first kappa shape index (κ1) is 14.7. The first-order valence-corrected chi connectivity index (χ1v) is 7.41. The molecule has 2 aromatic rings. The van der Waals surface area contributed by atoms with Crippen LogP contribution in [0.1, 0.15) is 36.5 Å². The van der Waals surface area contributed by atoms with Crippen molar-refractivity contribution in [1.29, 1.82) is 0 Å². The van der Waals surface area contributed by atoms with E-state index in [2.05, 4.69) is 0 Å². The number of thiophene rings is 1. The van der Waals surface area contributed by atoms with Crippen molar-refractivity contribution < 1.29 is 25.6 Å². The zero-order valence-electron chi connectivity index (χ0n) is 10.2. The van der Waals surface area contributed by atoms with E-state index in [4.69, 9.17) is 0 Å². The van der Waals surface area contributed by atoms with Gasteiger partial charge in [0, 0.05) is 17.4 Å². The summed E-state index contributed by atoms with van der Waals surface area (Å²) in [7, 11) is -1.69. The van der Waals surface area contributed by atoms with Crippen LogP contribution in [0.15, 0.2) is 30.3 Å². The molecule has 0 nitrogen and oxygen atoms in total. The molecular formula is C14H14ClF3S. The number of fused-ring (bicyclic) bond motifs is 1. The molecule has 1 fully saturated rings. The van der Waals surface area contributed by atoms with E-state index < -0.39 is 16.0 Å². The molecule has 0 N–H and O–H groups in total. The molecule has 0 bridgehead atoms. The van der Waals surface area contributed by atoms with Gasteiger partial charge < -0.3 is 12.4 Å². The third-order valence-corrected chi connectivity index (χ3v) is 5.86. The summed E-state index contributed by atoms with van der Waals surface area (Å²) in [6.45, 7) is 0. The van der Waals surface area contributed by atoms with Gasteiger partial charge in [0.05, 0.1) is 10.5 Å². The molecule has 0 spiro atoms. The Balaban J connectivity index is 0.00000133. The summed E-state index contributed by atoms with van der Waals surface area (Å²) < 4.78 is 40.4. The van der Waals surface area contributed by atoms with Crippen molar-refractivity contribution in [3.05, 3.63) is 35.2 Å². The quantitative estimate of drug-likeness (QED) is 0.711. The molecule has 1 saturated carbocycles. The van der Waals surface area contributed by atoms with E-state index in [0.717, 1.165) is 31.1 Å². The van der Waals surface area contributed by atoms with Crippen LogP contribution in [0.5, 0.6) is 0 Å². The van der Waals surface area contributed by atoms with E-state index in [1.807, 2.05) is 6.07 Å². The standard InChI is InChI=1S/C14H14F3S.ClH/c15-14(16,17)18-12-8-4-3-7-11(12)9-13(18)10-5-1-2-6-10;/h3-4,7-10H,1-2,5-6H2;1H/q+1;/p-1. The molecule has 1 heterocycles. The average molecular weight is 307 g/mol. The zero-order chi connectivity index (χ0) is 12.8. The Bertz CT molecular complexity index is 568. The van der Waals surface area contributed by atoms with Gasteiger partial charge in [-0.1, -0.05) is 25.0 Å². The van der Waals surface area contributed by atoms with Gasteiger partial charge >= 0.3 is 5.51 Å². The fourth-order valence-corrected chi connectivity index (χ4v) is 5.04. The van der Waals surface area contributed by atoms with Crippen molar-refractivity contribution in [2.24, 2.45) is 0 Å². The fourth-order valence-electron chi connectivity index (χ4n) is 2.88. The summed E-state index contributed by atoms with van der Waals surface area (Å²) >= 11 is 0. The van der Waals surface area contributed by atoms with Crippen molar-refractivity contribution >= 4 is 20.6 Å². The minimum Gasteiger partial charge on any atom is -1.00 e. The average Bonchev–Trinajstić information content (AvgIpc) is 2.94. The molecule has 104 valence electrons. The second-order valence-corrected chi connectivity index (χ2v) is 6.80. The van der Waals surface area contributed by atoms with Gasteiger partial charge in [0.25, 0.3) is 0 Å². The number of alkyl halides is 3. The maximum absolute atomic E-state index is 13.3. The van der Waals surface area contributed by atoms with E-state index >= 15 is 0 Å². The lowest BCUT2D eigenvalue weighted by Crippen LogP contribution is -3.00. The summed E-state index contributed by atoms with van der Waals surface area (Å²) in [4.78, 5) is 0.626. The third kappa shape index (κ3) is 2.61. The highest BCUT2D eigenvalue weighted by Crippen LogP contribution is 2.55. The fraction of sp³-hybridized carbons (Fsp3) is 0.429. The highest BCUT2D eigenvalue weighted by Gasteiger charge is 2.49. The van der Waals surface area contributed by atoms with Crippen LogP contribution in [-0.2, 0) is 5.51 Å². The topological polar surface area (TPSA) is 0 Å². The second-order valence-electron chi connectivity index (χ2n) is 4.82. The molecule has 1 aromatic heterocycles. The predicted molar refractivity (Wildman–Crippen MR) is 68.9 cm³/mol. The Morgan fingerprint density at radius 1 is 1.05 bits per heavy atom. The van der Waals surface area contributed by atoms with Crippen LogP contribution in [0, 0.1) is 0 Å². The van der Waals surface area contributed by atoms with Crippen LogP contribution in [0.4, 0.5) is 13.2 Å². The van der Waals surface area contributed by atoms with Crippen LogP contribution >= 0.6 is 10.5 Å². The smallest absolute Gasteiger partial charge is 0.600 e. The van der Waals surface area contributed by atoms with Crippen LogP contribution in [-0.4, -0.2) is 0 Å². The van der Waals surface area contributed by atoms with Crippen LogP contribution in [0.25, 0.3) is 10.1 Å². The highest BCUT2D eigenvalue weighted by atomic mass is 35.5. The Kier molecular flexibility index (Phi) is 4.11. The van der Waals surface area contributed by atoms with Gasteiger partial charge in [-0.25, -0.2) is 0 Å². The molecule has 0 saturated heterocycles. The summed E-state index contributed by atoms with van der Waals surface area (Å²) in [5.41, 5.74) is -4.14. The largest absolute Gasteiger partial charge is 1.00 e. The summed E-state index contributed by atoms with van der Waals surface area (Å²) in [6, 6.07) is 8.73. The Morgan fingerprint density at radius 2 is 1.68 bits per heavy atom. The zero-order valence-corrected chi connectivity index (χ0v) is 11.8. The lowest BCUT2D eigenvalue weighted by Gasteiger charge is -2.05.